The molecule has 0 spiro atoms. The zero-order chi connectivity index (χ0) is 13.7. The number of nitriles is 1. The lowest BCUT2D eigenvalue weighted by atomic mass is 10.2. The zero-order valence-corrected chi connectivity index (χ0v) is 10.5. The molecule has 0 unspecified atom stereocenters. The van der Waals surface area contributed by atoms with Gasteiger partial charge in [0.05, 0.1) is 0 Å². The number of nitrogens with zero attached hydrogens (tertiary/aromatic N) is 1. The number of carbonyl (C=O) groups excluding carboxylic acids is 1. The number of hydrogen-bond acceptors (Lipinski definition) is 2. The van der Waals surface area contributed by atoms with Crippen molar-refractivity contribution in [2.24, 2.45) is 0 Å². The van der Waals surface area contributed by atoms with Crippen LogP contribution in [-0.2, 0) is 4.79 Å². The van der Waals surface area contributed by atoms with Crippen LogP contribution in [0.25, 0.3) is 6.08 Å². The number of nitrogens with one attached hydrogen (secondary N) is 2. The molecular formula is C15H13N3O. The summed E-state index contributed by atoms with van der Waals surface area (Å²) < 4.78 is 0. The molecule has 2 rings (SSSR count). The van der Waals surface area contributed by atoms with Gasteiger partial charge in [0.25, 0.3) is 5.91 Å². The highest BCUT2D eigenvalue weighted by molar-refractivity contribution is 6.09. The molecule has 2 N–H and O–H groups in total. The fourth-order valence-electron chi connectivity index (χ4n) is 1.57. The van der Waals surface area contributed by atoms with Crippen LogP contribution in [0.2, 0.25) is 0 Å². The Bertz CT molecular complexity index is 631. The maximum Gasteiger partial charge on any atom is 0.266 e. The Morgan fingerprint density at radius 3 is 2.63 bits per heavy atom. The molecule has 1 heterocycles. The van der Waals surface area contributed by atoms with Crippen molar-refractivity contribution in [3.05, 3.63) is 59.4 Å². The first kappa shape index (κ1) is 12.7. The fraction of sp³-hybridized carbons (Fsp3) is 0.0667. The first-order chi connectivity index (χ1) is 9.19. The summed E-state index contributed by atoms with van der Waals surface area (Å²) in [6.07, 6.45) is 3.25. The minimum absolute atomic E-state index is 0.0584. The van der Waals surface area contributed by atoms with Gasteiger partial charge in [-0.1, -0.05) is 17.7 Å². The molecule has 0 aliphatic heterocycles. The molecule has 0 saturated carbocycles. The Balaban J connectivity index is 2.14. The summed E-state index contributed by atoms with van der Waals surface area (Å²) in [5.41, 5.74) is 2.56. The predicted molar refractivity (Wildman–Crippen MR) is 74.2 cm³/mol. The van der Waals surface area contributed by atoms with Crippen molar-refractivity contribution in [1.82, 2.24) is 4.98 Å². The molecule has 19 heavy (non-hydrogen) atoms. The predicted octanol–water partition coefficient (Wildman–Crippen LogP) is 2.87. The monoisotopic (exact) mass is 251 g/mol. The van der Waals surface area contributed by atoms with Crippen LogP contribution in [0.4, 0.5) is 5.69 Å². The van der Waals surface area contributed by atoms with E-state index in [1.165, 1.54) is 6.08 Å². The number of amides is 1. The van der Waals surface area contributed by atoms with Crippen molar-refractivity contribution < 1.29 is 4.79 Å². The van der Waals surface area contributed by atoms with Crippen molar-refractivity contribution >= 4 is 17.7 Å². The molecule has 4 heteroatoms. The molecule has 1 aromatic heterocycles. The van der Waals surface area contributed by atoms with Gasteiger partial charge in [-0.3, -0.25) is 4.79 Å². The molecular weight excluding hydrogens is 238 g/mol. The van der Waals surface area contributed by atoms with Gasteiger partial charge in [0.1, 0.15) is 11.6 Å². The number of aromatic amines is 1. The zero-order valence-electron chi connectivity index (χ0n) is 10.5. The van der Waals surface area contributed by atoms with Crippen molar-refractivity contribution in [3.8, 4) is 6.07 Å². The quantitative estimate of drug-likeness (QED) is 0.650. The van der Waals surface area contributed by atoms with Gasteiger partial charge in [0.2, 0.25) is 0 Å². The van der Waals surface area contributed by atoms with Crippen LogP contribution >= 0.6 is 0 Å². The number of hydrogen-bond donors (Lipinski definition) is 2. The first-order valence-corrected chi connectivity index (χ1v) is 5.82. The minimum Gasteiger partial charge on any atom is -0.362 e. The van der Waals surface area contributed by atoms with Gasteiger partial charge >= 0.3 is 0 Å². The number of anilines is 1. The summed E-state index contributed by atoms with van der Waals surface area (Å²) in [6.45, 7) is 1.97. The van der Waals surface area contributed by atoms with Crippen molar-refractivity contribution in [2.75, 3.05) is 5.32 Å². The second-order valence-corrected chi connectivity index (χ2v) is 4.12. The number of H-pyrrole nitrogens is 1. The van der Waals surface area contributed by atoms with E-state index in [1.54, 1.807) is 30.5 Å². The molecule has 1 amide bonds. The maximum atomic E-state index is 11.9. The van der Waals surface area contributed by atoms with Gasteiger partial charge in [-0.25, -0.2) is 0 Å². The summed E-state index contributed by atoms with van der Waals surface area (Å²) in [5, 5.41) is 11.7. The van der Waals surface area contributed by atoms with E-state index >= 15 is 0 Å². The van der Waals surface area contributed by atoms with Crippen LogP contribution in [0.3, 0.4) is 0 Å². The second kappa shape index (κ2) is 5.69. The van der Waals surface area contributed by atoms with Gasteiger partial charge in [-0.05, 0) is 37.3 Å². The van der Waals surface area contributed by atoms with Crippen LogP contribution in [0, 0.1) is 18.3 Å². The largest absolute Gasteiger partial charge is 0.362 e. The highest BCUT2D eigenvalue weighted by Gasteiger charge is 2.09. The van der Waals surface area contributed by atoms with Crippen LogP contribution in [0.1, 0.15) is 11.3 Å². The summed E-state index contributed by atoms with van der Waals surface area (Å²) in [7, 11) is 0. The van der Waals surface area contributed by atoms with E-state index in [2.05, 4.69) is 10.3 Å². The van der Waals surface area contributed by atoms with E-state index in [-0.39, 0.29) is 5.57 Å². The Hall–Kier alpha value is -2.80. The first-order valence-electron chi connectivity index (χ1n) is 5.82. The SMILES string of the molecule is Cc1ccc(NC(=O)C(C#N)=Cc2ccc[nH]2)cc1. The Kier molecular flexibility index (Phi) is 3.79. The molecule has 0 aliphatic rings. The lowest BCUT2D eigenvalue weighted by Gasteiger charge is -2.04. The Labute approximate surface area is 111 Å². The molecule has 94 valence electrons. The van der Waals surface area contributed by atoms with Gasteiger partial charge in [-0.2, -0.15) is 5.26 Å². The van der Waals surface area contributed by atoms with E-state index in [0.29, 0.717) is 5.69 Å². The summed E-state index contributed by atoms with van der Waals surface area (Å²) in [4.78, 5) is 14.9. The standard InChI is InChI=1S/C15H13N3O/c1-11-4-6-13(7-5-11)18-15(19)12(10-16)9-14-3-2-8-17-14/h2-9,17H,1H3,(H,18,19). The number of aryl methyl sites for hydroxylation is 1. The van der Waals surface area contributed by atoms with Gasteiger partial charge in [-0.15, -0.1) is 0 Å². The molecule has 0 bridgehead atoms. The topological polar surface area (TPSA) is 68.7 Å². The Morgan fingerprint density at radius 2 is 2.05 bits per heavy atom. The van der Waals surface area contributed by atoms with Gasteiger partial charge < -0.3 is 10.3 Å². The van der Waals surface area contributed by atoms with Gasteiger partial charge in [0.15, 0.2) is 0 Å². The van der Waals surface area contributed by atoms with Crippen LogP contribution in [0.5, 0.6) is 0 Å². The summed E-state index contributed by atoms with van der Waals surface area (Å²) in [6, 6.07) is 12.9. The van der Waals surface area contributed by atoms with Crippen molar-refractivity contribution in [1.29, 1.82) is 5.26 Å². The third-order valence-electron chi connectivity index (χ3n) is 2.60. The average molecular weight is 251 g/mol. The lowest BCUT2D eigenvalue weighted by molar-refractivity contribution is -0.112. The van der Waals surface area contributed by atoms with Crippen LogP contribution in [0.15, 0.2) is 48.2 Å². The molecule has 0 fully saturated rings. The number of carbonyl (C=O) groups is 1. The smallest absolute Gasteiger partial charge is 0.266 e. The molecule has 1 aromatic carbocycles. The highest BCUT2D eigenvalue weighted by atomic mass is 16.1. The minimum atomic E-state index is -0.416. The molecule has 0 aliphatic carbocycles. The van der Waals surface area contributed by atoms with Crippen molar-refractivity contribution in [2.45, 2.75) is 6.92 Å². The third-order valence-corrected chi connectivity index (χ3v) is 2.60. The lowest BCUT2D eigenvalue weighted by Crippen LogP contribution is -2.13. The van der Waals surface area contributed by atoms with E-state index in [1.807, 2.05) is 25.1 Å². The number of benzene rings is 1. The second-order valence-electron chi connectivity index (χ2n) is 4.12. The summed E-state index contributed by atoms with van der Waals surface area (Å²) in [5.74, 6) is -0.416. The maximum absolute atomic E-state index is 11.9. The summed E-state index contributed by atoms with van der Waals surface area (Å²) >= 11 is 0. The molecule has 0 saturated heterocycles. The van der Waals surface area contributed by atoms with E-state index in [4.69, 9.17) is 5.26 Å². The number of rotatable bonds is 3. The van der Waals surface area contributed by atoms with E-state index < -0.39 is 5.91 Å². The average Bonchev–Trinajstić information content (AvgIpc) is 2.91. The van der Waals surface area contributed by atoms with E-state index in [9.17, 15) is 4.79 Å². The van der Waals surface area contributed by atoms with Crippen molar-refractivity contribution in [3.63, 3.8) is 0 Å². The highest BCUT2D eigenvalue weighted by Crippen LogP contribution is 2.11. The molecule has 2 aromatic rings. The van der Waals surface area contributed by atoms with Gasteiger partial charge in [0, 0.05) is 17.6 Å². The molecule has 0 radical (unpaired) electrons. The van der Waals surface area contributed by atoms with Crippen LogP contribution in [-0.4, -0.2) is 10.9 Å². The normalized spacial score (nSPS) is 10.8. The Morgan fingerprint density at radius 1 is 1.32 bits per heavy atom. The molecule has 0 atom stereocenters. The van der Waals surface area contributed by atoms with Crippen LogP contribution < -0.4 is 5.32 Å². The molecule has 4 nitrogen and oxygen atoms in total. The fourth-order valence-corrected chi connectivity index (χ4v) is 1.57. The number of aromatic nitrogens is 1. The third kappa shape index (κ3) is 3.33. The van der Waals surface area contributed by atoms with E-state index in [0.717, 1.165) is 11.3 Å².